The summed E-state index contributed by atoms with van der Waals surface area (Å²) in [6, 6.07) is 18.6. The Morgan fingerprint density at radius 3 is 2.32 bits per heavy atom. The second-order valence-electron chi connectivity index (χ2n) is 8.39. The van der Waals surface area contributed by atoms with Crippen molar-refractivity contribution in [3.63, 3.8) is 0 Å². The van der Waals surface area contributed by atoms with Gasteiger partial charge in [-0.25, -0.2) is 4.98 Å². The van der Waals surface area contributed by atoms with Crippen LogP contribution in [0.25, 0.3) is 22.4 Å². The van der Waals surface area contributed by atoms with Crippen LogP contribution >= 0.6 is 0 Å². The zero-order valence-electron chi connectivity index (χ0n) is 21.2. The molecule has 2 aromatic heterocycles. The van der Waals surface area contributed by atoms with Gasteiger partial charge >= 0.3 is 0 Å². The number of pyridine rings is 1. The molecule has 190 valence electrons. The number of benzene rings is 2. The Bertz CT molecular complexity index is 1380. The lowest BCUT2D eigenvalue weighted by Crippen LogP contribution is -2.15. The van der Waals surface area contributed by atoms with Gasteiger partial charge < -0.3 is 14.8 Å². The molecule has 0 bridgehead atoms. The van der Waals surface area contributed by atoms with E-state index in [4.69, 9.17) is 9.47 Å². The zero-order chi connectivity index (χ0) is 26.2. The molecule has 0 aliphatic rings. The summed E-state index contributed by atoms with van der Waals surface area (Å²) < 4.78 is 12.9. The minimum Gasteiger partial charge on any atom is -0.490 e. The Morgan fingerprint density at radius 2 is 1.62 bits per heavy atom. The predicted octanol–water partition coefficient (Wildman–Crippen LogP) is 5.55. The highest BCUT2D eigenvalue weighted by Crippen LogP contribution is 2.30. The third-order valence-corrected chi connectivity index (χ3v) is 5.65. The number of hydrogen-bond acceptors (Lipinski definition) is 6. The van der Waals surface area contributed by atoms with E-state index in [1.165, 1.54) is 0 Å². The topological polar surface area (TPSA) is 95.3 Å². The summed E-state index contributed by atoms with van der Waals surface area (Å²) in [7, 11) is 1.85. The van der Waals surface area contributed by atoms with Crippen molar-refractivity contribution < 1.29 is 19.1 Å². The van der Waals surface area contributed by atoms with Crippen molar-refractivity contribution in [2.24, 2.45) is 7.05 Å². The molecule has 2 heterocycles. The first-order valence-corrected chi connectivity index (χ1v) is 12.3. The van der Waals surface area contributed by atoms with Gasteiger partial charge in [-0.15, -0.1) is 0 Å². The normalized spacial score (nSPS) is 10.7. The molecule has 0 saturated carbocycles. The third kappa shape index (κ3) is 6.61. The van der Waals surface area contributed by atoms with Crippen LogP contribution in [-0.2, 0) is 11.8 Å². The minimum absolute atomic E-state index is 0.0233. The van der Waals surface area contributed by atoms with Crippen molar-refractivity contribution in [3.05, 3.63) is 78.6 Å². The SMILES string of the molecule is CCOc1ccc(C(=O)CCC(=O)Nc2cc(-c3cnn(C)c3)cc(-c3ccccc3)n2)cc1OCC. The smallest absolute Gasteiger partial charge is 0.225 e. The maximum Gasteiger partial charge on any atom is 0.225 e. The van der Waals surface area contributed by atoms with E-state index in [0.29, 0.717) is 36.1 Å². The second-order valence-corrected chi connectivity index (χ2v) is 8.39. The van der Waals surface area contributed by atoms with Crippen LogP contribution in [0.2, 0.25) is 0 Å². The number of hydrogen-bond donors (Lipinski definition) is 1. The van der Waals surface area contributed by atoms with Crippen molar-refractivity contribution in [2.75, 3.05) is 18.5 Å². The summed E-state index contributed by atoms with van der Waals surface area (Å²) in [5.41, 5.74) is 3.92. The van der Waals surface area contributed by atoms with Gasteiger partial charge in [0.15, 0.2) is 17.3 Å². The number of nitrogens with one attached hydrogen (secondary N) is 1. The van der Waals surface area contributed by atoms with Gasteiger partial charge in [0.2, 0.25) is 5.91 Å². The molecule has 1 N–H and O–H groups in total. The molecule has 0 saturated heterocycles. The van der Waals surface area contributed by atoms with Gasteiger partial charge in [-0.2, -0.15) is 5.10 Å². The fourth-order valence-electron chi connectivity index (χ4n) is 3.89. The standard InChI is InChI=1S/C29H30N4O4/c1-4-36-26-13-11-21(16-27(26)37-5-2)25(34)12-14-29(35)32-28-17-22(23-18-30-33(3)19-23)15-24(31-28)20-9-7-6-8-10-20/h6-11,13,15-19H,4-5,12,14H2,1-3H3,(H,31,32,35). The highest BCUT2D eigenvalue weighted by molar-refractivity contribution is 6.00. The number of carbonyl (C=O) groups is 2. The van der Waals surface area contributed by atoms with Gasteiger partial charge in [0.05, 0.1) is 25.1 Å². The van der Waals surface area contributed by atoms with Crippen LogP contribution in [0.4, 0.5) is 5.82 Å². The molecule has 0 spiro atoms. The molecule has 37 heavy (non-hydrogen) atoms. The maximum absolute atomic E-state index is 12.8. The van der Waals surface area contributed by atoms with Crippen LogP contribution in [0.3, 0.4) is 0 Å². The minimum atomic E-state index is -0.292. The van der Waals surface area contributed by atoms with Crippen molar-refractivity contribution in [3.8, 4) is 33.9 Å². The molecule has 0 unspecified atom stereocenters. The van der Waals surface area contributed by atoms with E-state index in [9.17, 15) is 9.59 Å². The van der Waals surface area contributed by atoms with E-state index in [0.717, 1.165) is 22.4 Å². The lowest BCUT2D eigenvalue weighted by molar-refractivity contribution is -0.116. The number of amides is 1. The Balaban J connectivity index is 1.48. The van der Waals surface area contributed by atoms with E-state index in [2.05, 4.69) is 15.4 Å². The molecule has 0 atom stereocenters. The lowest BCUT2D eigenvalue weighted by Gasteiger charge is -2.12. The predicted molar refractivity (Wildman–Crippen MR) is 143 cm³/mol. The molecule has 0 aliphatic carbocycles. The Hall–Kier alpha value is -4.46. The summed E-state index contributed by atoms with van der Waals surface area (Å²) in [6.07, 6.45) is 3.75. The van der Waals surface area contributed by atoms with Gasteiger partial charge in [0.25, 0.3) is 0 Å². The first-order chi connectivity index (χ1) is 18.0. The monoisotopic (exact) mass is 498 g/mol. The van der Waals surface area contributed by atoms with Crippen molar-refractivity contribution in [1.82, 2.24) is 14.8 Å². The number of nitrogens with zero attached hydrogens (tertiary/aromatic N) is 3. The molecule has 4 aromatic rings. The fraction of sp³-hybridized carbons (Fsp3) is 0.241. The largest absolute Gasteiger partial charge is 0.490 e. The molecule has 4 rings (SSSR count). The molecular formula is C29H30N4O4. The molecule has 8 nitrogen and oxygen atoms in total. The zero-order valence-corrected chi connectivity index (χ0v) is 21.2. The molecule has 0 fully saturated rings. The number of ketones is 1. The first-order valence-electron chi connectivity index (χ1n) is 12.3. The van der Waals surface area contributed by atoms with Gasteiger partial charge in [-0.3, -0.25) is 14.3 Å². The van der Waals surface area contributed by atoms with E-state index >= 15 is 0 Å². The molecule has 8 heteroatoms. The Labute approximate surface area is 216 Å². The fourth-order valence-corrected chi connectivity index (χ4v) is 3.89. The summed E-state index contributed by atoms with van der Waals surface area (Å²) >= 11 is 0. The number of anilines is 1. The Kier molecular flexibility index (Phi) is 8.30. The highest BCUT2D eigenvalue weighted by atomic mass is 16.5. The number of ether oxygens (including phenoxy) is 2. The van der Waals surface area contributed by atoms with Crippen LogP contribution in [0.5, 0.6) is 11.5 Å². The van der Waals surface area contributed by atoms with Gasteiger partial charge in [0, 0.05) is 42.8 Å². The second kappa shape index (κ2) is 12.0. The highest BCUT2D eigenvalue weighted by Gasteiger charge is 2.15. The molecule has 0 aliphatic heterocycles. The number of rotatable bonds is 11. The van der Waals surface area contributed by atoms with Crippen molar-refractivity contribution in [1.29, 1.82) is 0 Å². The Morgan fingerprint density at radius 1 is 0.865 bits per heavy atom. The van der Waals surface area contributed by atoms with Gasteiger partial charge in [0.1, 0.15) is 5.82 Å². The number of aromatic nitrogens is 3. The van der Waals surface area contributed by atoms with E-state index in [1.807, 2.05) is 69.6 Å². The maximum atomic E-state index is 12.8. The van der Waals surface area contributed by atoms with Crippen molar-refractivity contribution in [2.45, 2.75) is 26.7 Å². The molecule has 2 aromatic carbocycles. The number of carbonyl (C=O) groups excluding carboxylic acids is 2. The lowest BCUT2D eigenvalue weighted by atomic mass is 10.0. The van der Waals surface area contributed by atoms with Crippen molar-refractivity contribution >= 4 is 17.5 Å². The number of Topliss-reactive ketones (excluding diaryl/α,β-unsaturated/α-hetero) is 1. The van der Waals surface area contributed by atoms with Crippen LogP contribution in [-0.4, -0.2) is 39.7 Å². The average Bonchev–Trinajstić information content (AvgIpc) is 3.35. The van der Waals surface area contributed by atoms with Crippen LogP contribution in [0, 0.1) is 0 Å². The average molecular weight is 499 g/mol. The summed E-state index contributed by atoms with van der Waals surface area (Å²) in [5, 5.41) is 7.11. The quantitative estimate of drug-likeness (QED) is 0.273. The van der Waals surface area contributed by atoms with E-state index < -0.39 is 0 Å². The molecule has 0 radical (unpaired) electrons. The van der Waals surface area contributed by atoms with Crippen LogP contribution in [0.1, 0.15) is 37.0 Å². The molecular weight excluding hydrogens is 468 g/mol. The van der Waals surface area contributed by atoms with Gasteiger partial charge in [-0.1, -0.05) is 30.3 Å². The van der Waals surface area contributed by atoms with Crippen LogP contribution in [0.15, 0.2) is 73.1 Å². The number of aryl methyl sites for hydroxylation is 1. The summed E-state index contributed by atoms with van der Waals surface area (Å²) in [6.45, 7) is 4.71. The summed E-state index contributed by atoms with van der Waals surface area (Å²) in [4.78, 5) is 30.2. The first kappa shape index (κ1) is 25.6. The van der Waals surface area contributed by atoms with E-state index in [1.54, 1.807) is 29.1 Å². The summed E-state index contributed by atoms with van der Waals surface area (Å²) in [5.74, 6) is 1.08. The van der Waals surface area contributed by atoms with Gasteiger partial charge in [-0.05, 0) is 49.7 Å². The van der Waals surface area contributed by atoms with Crippen LogP contribution < -0.4 is 14.8 Å². The molecule has 1 amide bonds. The van der Waals surface area contributed by atoms with E-state index in [-0.39, 0.29) is 24.5 Å². The third-order valence-electron chi connectivity index (χ3n) is 5.65.